The lowest BCUT2D eigenvalue weighted by Crippen LogP contribution is -2.14. The molecule has 1 atom stereocenters. The van der Waals surface area contributed by atoms with E-state index < -0.39 is 0 Å². The molecule has 0 amide bonds. The topological polar surface area (TPSA) is 48.1 Å². The predicted octanol–water partition coefficient (Wildman–Crippen LogP) is 4.33. The van der Waals surface area contributed by atoms with Crippen LogP contribution in [-0.2, 0) is 0 Å². The number of benzene rings is 1. The van der Waals surface area contributed by atoms with Gasteiger partial charge in [0.15, 0.2) is 0 Å². The molecular weight excluding hydrogens is 288 g/mol. The van der Waals surface area contributed by atoms with Gasteiger partial charge < -0.3 is 10.5 Å². The number of rotatable bonds is 5. The third kappa shape index (κ3) is 2.53. The Balaban J connectivity index is 2.02. The van der Waals surface area contributed by atoms with E-state index in [9.17, 15) is 0 Å². The molecule has 0 aliphatic rings. The highest BCUT2D eigenvalue weighted by Crippen LogP contribution is 2.39. The number of hydrogen-bond acceptors (Lipinski definition) is 5. The third-order valence-electron chi connectivity index (χ3n) is 3.31. The minimum atomic E-state index is 0.188. The summed E-state index contributed by atoms with van der Waals surface area (Å²) in [7, 11) is 0. The second-order valence-corrected chi connectivity index (χ2v) is 7.13. The molecule has 0 saturated carbocycles. The van der Waals surface area contributed by atoms with Crippen molar-refractivity contribution in [2.24, 2.45) is 5.73 Å². The molecule has 0 radical (unpaired) electrons. The summed E-state index contributed by atoms with van der Waals surface area (Å²) in [5.74, 6) is 0.974. The molecule has 20 heavy (non-hydrogen) atoms. The van der Waals surface area contributed by atoms with Crippen molar-refractivity contribution in [2.45, 2.75) is 32.8 Å². The fourth-order valence-electron chi connectivity index (χ4n) is 2.37. The molecule has 2 heterocycles. The van der Waals surface area contributed by atoms with Crippen LogP contribution < -0.4 is 10.5 Å². The van der Waals surface area contributed by atoms with E-state index in [1.165, 1.54) is 14.8 Å². The first kappa shape index (κ1) is 13.8. The first-order valence-corrected chi connectivity index (χ1v) is 8.52. The number of aromatic nitrogens is 1. The van der Waals surface area contributed by atoms with E-state index in [-0.39, 0.29) is 6.10 Å². The highest BCUT2D eigenvalue weighted by atomic mass is 32.1. The Bertz CT molecular complexity index is 732. The molecule has 1 unspecified atom stereocenters. The average molecular weight is 306 g/mol. The van der Waals surface area contributed by atoms with Crippen molar-refractivity contribution in [2.75, 3.05) is 6.54 Å². The quantitative estimate of drug-likeness (QED) is 0.763. The maximum absolute atomic E-state index is 6.14. The Labute approximate surface area is 126 Å². The van der Waals surface area contributed by atoms with Crippen LogP contribution in [0.3, 0.4) is 0 Å². The normalized spacial score (nSPS) is 13.2. The van der Waals surface area contributed by atoms with Crippen molar-refractivity contribution in [3.05, 3.63) is 22.5 Å². The summed E-state index contributed by atoms with van der Waals surface area (Å²) in [5.41, 5.74) is 6.67. The van der Waals surface area contributed by atoms with Crippen LogP contribution in [0.5, 0.6) is 5.75 Å². The van der Waals surface area contributed by atoms with Gasteiger partial charge in [-0.25, -0.2) is 4.98 Å². The smallest absolute Gasteiger partial charge is 0.129 e. The minimum absolute atomic E-state index is 0.188. The highest BCUT2D eigenvalue weighted by molar-refractivity contribution is 7.21. The number of ether oxygens (including phenoxy) is 1. The van der Waals surface area contributed by atoms with Gasteiger partial charge in [-0.15, -0.1) is 22.7 Å². The van der Waals surface area contributed by atoms with Crippen molar-refractivity contribution >= 4 is 43.0 Å². The van der Waals surface area contributed by atoms with Crippen LogP contribution >= 0.6 is 22.7 Å². The van der Waals surface area contributed by atoms with Crippen LogP contribution in [0, 0.1) is 6.92 Å². The summed E-state index contributed by atoms with van der Waals surface area (Å²) < 4.78 is 8.57. The van der Waals surface area contributed by atoms with Gasteiger partial charge in [-0.2, -0.15) is 0 Å². The molecule has 3 nitrogen and oxygen atoms in total. The van der Waals surface area contributed by atoms with E-state index >= 15 is 0 Å². The molecule has 0 spiro atoms. The summed E-state index contributed by atoms with van der Waals surface area (Å²) in [6.07, 6.45) is 2.17. The summed E-state index contributed by atoms with van der Waals surface area (Å²) in [4.78, 5) is 4.64. The van der Waals surface area contributed by atoms with Gasteiger partial charge >= 0.3 is 0 Å². The molecule has 3 rings (SSSR count). The fourth-order valence-corrected chi connectivity index (χ4v) is 4.20. The molecule has 5 heteroatoms. The van der Waals surface area contributed by atoms with E-state index in [4.69, 9.17) is 10.5 Å². The summed E-state index contributed by atoms with van der Waals surface area (Å²) in [6.45, 7) is 4.87. The molecule has 0 aliphatic heterocycles. The van der Waals surface area contributed by atoms with Crippen LogP contribution in [0.15, 0.2) is 17.5 Å². The Morgan fingerprint density at radius 1 is 1.45 bits per heavy atom. The monoisotopic (exact) mass is 306 g/mol. The van der Waals surface area contributed by atoms with E-state index in [0.717, 1.165) is 29.1 Å². The molecule has 0 saturated heterocycles. The van der Waals surface area contributed by atoms with Crippen LogP contribution in [0.1, 0.15) is 24.8 Å². The van der Waals surface area contributed by atoms with Crippen molar-refractivity contribution in [3.63, 3.8) is 0 Å². The molecule has 0 fully saturated rings. The number of fused-ring (bicyclic) bond motifs is 3. The number of aryl methyl sites for hydroxylation is 1. The van der Waals surface area contributed by atoms with Gasteiger partial charge in [0.1, 0.15) is 5.75 Å². The Hall–Kier alpha value is -1.17. The van der Waals surface area contributed by atoms with Gasteiger partial charge in [0.05, 0.1) is 26.0 Å². The first-order valence-electron chi connectivity index (χ1n) is 6.83. The fraction of sp³-hybridized carbons (Fsp3) is 0.400. The van der Waals surface area contributed by atoms with Crippen LogP contribution in [0.4, 0.5) is 0 Å². The lowest BCUT2D eigenvalue weighted by Gasteiger charge is -2.15. The largest absolute Gasteiger partial charge is 0.490 e. The van der Waals surface area contributed by atoms with E-state index in [0.29, 0.717) is 6.54 Å². The molecule has 0 aliphatic carbocycles. The van der Waals surface area contributed by atoms with Gasteiger partial charge in [-0.1, -0.05) is 0 Å². The second-order valence-electron chi connectivity index (χ2n) is 4.98. The van der Waals surface area contributed by atoms with Crippen LogP contribution in [0.25, 0.3) is 20.3 Å². The Morgan fingerprint density at radius 2 is 2.30 bits per heavy atom. The average Bonchev–Trinajstić information content (AvgIpc) is 3.01. The molecule has 0 bridgehead atoms. The van der Waals surface area contributed by atoms with Crippen LogP contribution in [0.2, 0.25) is 0 Å². The lowest BCUT2D eigenvalue weighted by molar-refractivity contribution is 0.211. The highest BCUT2D eigenvalue weighted by Gasteiger charge is 2.14. The first-order chi connectivity index (χ1) is 9.69. The lowest BCUT2D eigenvalue weighted by atomic mass is 10.2. The maximum atomic E-state index is 6.14. The number of nitrogens with zero attached hydrogens (tertiary/aromatic N) is 1. The van der Waals surface area contributed by atoms with Crippen molar-refractivity contribution < 1.29 is 4.74 Å². The predicted molar refractivity (Wildman–Crippen MR) is 88.1 cm³/mol. The summed E-state index contributed by atoms with van der Waals surface area (Å²) in [6, 6.07) is 4.26. The Morgan fingerprint density at radius 3 is 3.10 bits per heavy atom. The zero-order chi connectivity index (χ0) is 14.1. The molecule has 3 aromatic rings. The standard InChI is InChI=1S/C15H18N2OS2/c1-9(4-3-6-16)18-12-8-13-14(17-10(2)20-13)15-11(12)5-7-19-15/h5,7-9H,3-4,6,16H2,1-2H3. The van der Waals surface area contributed by atoms with Gasteiger partial charge in [0, 0.05) is 11.5 Å². The molecule has 2 N–H and O–H groups in total. The number of nitrogens with two attached hydrogens (primary N) is 1. The van der Waals surface area contributed by atoms with E-state index in [1.807, 2.05) is 0 Å². The zero-order valence-electron chi connectivity index (χ0n) is 11.7. The zero-order valence-corrected chi connectivity index (χ0v) is 13.3. The van der Waals surface area contributed by atoms with E-state index in [2.05, 4.69) is 36.3 Å². The van der Waals surface area contributed by atoms with Gasteiger partial charge in [-0.3, -0.25) is 0 Å². The van der Waals surface area contributed by atoms with Crippen molar-refractivity contribution in [3.8, 4) is 5.75 Å². The summed E-state index contributed by atoms with van der Waals surface area (Å²) >= 11 is 3.46. The van der Waals surface area contributed by atoms with Gasteiger partial charge in [-0.05, 0) is 44.7 Å². The van der Waals surface area contributed by atoms with Gasteiger partial charge in [0.2, 0.25) is 0 Å². The second kappa shape index (κ2) is 5.68. The number of thiazole rings is 1. The SMILES string of the molecule is Cc1nc2c(cc(OC(C)CCCN)c3ccsc32)s1. The number of thiophene rings is 1. The maximum Gasteiger partial charge on any atom is 0.129 e. The number of hydrogen-bond donors (Lipinski definition) is 1. The van der Waals surface area contributed by atoms with E-state index in [1.54, 1.807) is 22.7 Å². The van der Waals surface area contributed by atoms with Gasteiger partial charge in [0.25, 0.3) is 0 Å². The molecule has 1 aromatic carbocycles. The molecule has 2 aromatic heterocycles. The molecule has 106 valence electrons. The Kier molecular flexibility index (Phi) is 3.92. The van der Waals surface area contributed by atoms with Crippen molar-refractivity contribution in [1.29, 1.82) is 0 Å². The summed E-state index contributed by atoms with van der Waals surface area (Å²) in [5, 5.41) is 4.38. The van der Waals surface area contributed by atoms with Crippen molar-refractivity contribution in [1.82, 2.24) is 4.98 Å². The minimum Gasteiger partial charge on any atom is -0.490 e. The third-order valence-corrected chi connectivity index (χ3v) is 5.15. The van der Waals surface area contributed by atoms with Crippen LogP contribution in [-0.4, -0.2) is 17.6 Å². The molecular formula is C15H18N2OS2.